The number of halogens is 1. The predicted molar refractivity (Wildman–Crippen MR) is 90.2 cm³/mol. The Morgan fingerprint density at radius 2 is 2.08 bits per heavy atom. The van der Waals surface area contributed by atoms with E-state index in [0.29, 0.717) is 30.0 Å². The first-order valence-corrected chi connectivity index (χ1v) is 8.07. The lowest BCUT2D eigenvalue weighted by Crippen LogP contribution is -2.46. The van der Waals surface area contributed by atoms with E-state index in [-0.39, 0.29) is 24.2 Å². The van der Waals surface area contributed by atoms with Crippen LogP contribution in [0.5, 0.6) is 0 Å². The van der Waals surface area contributed by atoms with Crippen LogP contribution in [-0.2, 0) is 13.1 Å². The first-order valence-electron chi connectivity index (χ1n) is 8.07. The number of nitrogens with zero attached hydrogens (tertiary/aromatic N) is 3. The third-order valence-electron chi connectivity index (χ3n) is 4.02. The first-order chi connectivity index (χ1) is 11.9. The molecular weight excluding hydrogens is 325 g/mol. The molecule has 3 N–H and O–H groups in total. The maximum atomic E-state index is 13.5. The van der Waals surface area contributed by atoms with Crippen molar-refractivity contribution in [3.8, 4) is 11.3 Å². The summed E-state index contributed by atoms with van der Waals surface area (Å²) >= 11 is 0. The highest BCUT2D eigenvalue weighted by Crippen LogP contribution is 2.28. The number of urea groups is 1. The Morgan fingerprint density at radius 3 is 2.72 bits per heavy atom. The highest BCUT2D eigenvalue weighted by atomic mass is 19.1. The summed E-state index contributed by atoms with van der Waals surface area (Å²) in [7, 11) is 0. The molecule has 7 nitrogen and oxygen atoms in total. The number of carbonyl (C=O) groups excluding carboxylic acids is 2. The summed E-state index contributed by atoms with van der Waals surface area (Å²) in [5, 5.41) is 7.26. The van der Waals surface area contributed by atoms with Crippen molar-refractivity contribution < 1.29 is 14.0 Å². The summed E-state index contributed by atoms with van der Waals surface area (Å²) in [5.74, 6) is -1.07. The van der Waals surface area contributed by atoms with Crippen LogP contribution in [0.15, 0.2) is 24.3 Å². The van der Waals surface area contributed by atoms with Crippen LogP contribution in [0.4, 0.5) is 9.18 Å². The van der Waals surface area contributed by atoms with Crippen molar-refractivity contribution in [3.63, 3.8) is 0 Å². The van der Waals surface area contributed by atoms with Gasteiger partial charge in [0.2, 0.25) is 0 Å². The van der Waals surface area contributed by atoms with Crippen molar-refractivity contribution in [2.45, 2.75) is 33.0 Å². The fourth-order valence-electron chi connectivity index (χ4n) is 2.93. The number of rotatable bonds is 3. The number of aromatic nitrogens is 2. The van der Waals surface area contributed by atoms with E-state index in [1.165, 1.54) is 12.1 Å². The predicted octanol–water partition coefficient (Wildman–Crippen LogP) is 1.72. The lowest BCUT2D eigenvalue weighted by atomic mass is 10.0. The quantitative estimate of drug-likeness (QED) is 0.887. The molecule has 0 spiro atoms. The van der Waals surface area contributed by atoms with Gasteiger partial charge in [0.05, 0.1) is 24.3 Å². The van der Waals surface area contributed by atoms with Gasteiger partial charge in [-0.15, -0.1) is 0 Å². The summed E-state index contributed by atoms with van der Waals surface area (Å²) in [6, 6.07) is 5.66. The largest absolute Gasteiger partial charge is 0.365 e. The molecule has 8 heteroatoms. The van der Waals surface area contributed by atoms with Crippen LogP contribution in [0.25, 0.3) is 11.3 Å². The Balaban J connectivity index is 2.00. The van der Waals surface area contributed by atoms with Crippen LogP contribution < -0.4 is 11.1 Å². The van der Waals surface area contributed by atoms with E-state index in [4.69, 9.17) is 5.73 Å². The van der Waals surface area contributed by atoms with Gasteiger partial charge in [0.25, 0.3) is 5.91 Å². The van der Waals surface area contributed by atoms with Crippen LogP contribution in [-0.4, -0.2) is 39.2 Å². The SMILES string of the molecule is CC(C)NC(=O)N1CCn2nc(-c3cccc(F)c3)c(C(N)=O)c2C1. The van der Waals surface area contributed by atoms with Crippen molar-refractivity contribution >= 4 is 11.9 Å². The van der Waals surface area contributed by atoms with Crippen molar-refractivity contribution in [1.82, 2.24) is 20.0 Å². The number of benzene rings is 1. The van der Waals surface area contributed by atoms with Crippen molar-refractivity contribution in [2.75, 3.05) is 6.54 Å². The number of primary amides is 1. The minimum Gasteiger partial charge on any atom is -0.365 e. The molecule has 0 atom stereocenters. The second-order valence-electron chi connectivity index (χ2n) is 6.29. The molecular formula is C17H20FN5O2. The molecule has 3 amide bonds. The highest BCUT2D eigenvalue weighted by Gasteiger charge is 2.29. The van der Waals surface area contributed by atoms with Gasteiger partial charge in [-0.05, 0) is 26.0 Å². The molecule has 2 heterocycles. The Hall–Kier alpha value is -2.90. The average Bonchev–Trinajstić information content (AvgIpc) is 2.92. The van der Waals surface area contributed by atoms with Crippen LogP contribution in [0.3, 0.4) is 0 Å². The lowest BCUT2D eigenvalue weighted by Gasteiger charge is -2.29. The van der Waals surface area contributed by atoms with E-state index in [9.17, 15) is 14.0 Å². The molecule has 1 aromatic carbocycles. The summed E-state index contributed by atoms with van der Waals surface area (Å²) in [5.41, 5.74) is 7.17. The van der Waals surface area contributed by atoms with Gasteiger partial charge in [0, 0.05) is 18.2 Å². The molecule has 0 radical (unpaired) electrons. The maximum absolute atomic E-state index is 13.5. The number of nitrogens with two attached hydrogens (primary N) is 1. The molecule has 0 fully saturated rings. The van der Waals surface area contributed by atoms with E-state index in [0.717, 1.165) is 0 Å². The molecule has 0 bridgehead atoms. The fourth-order valence-corrected chi connectivity index (χ4v) is 2.93. The zero-order valence-corrected chi connectivity index (χ0v) is 14.1. The molecule has 2 aromatic rings. The number of carbonyl (C=O) groups is 2. The molecule has 1 aliphatic heterocycles. The third-order valence-corrected chi connectivity index (χ3v) is 4.02. The summed E-state index contributed by atoms with van der Waals surface area (Å²) < 4.78 is 15.2. The highest BCUT2D eigenvalue weighted by molar-refractivity contribution is 6.00. The standard InChI is InChI=1S/C17H20FN5O2/c1-10(2)20-17(25)22-6-7-23-13(9-22)14(16(19)24)15(21-23)11-4-3-5-12(18)8-11/h3-5,8,10H,6-7,9H2,1-2H3,(H2,19,24)(H,20,25). The zero-order valence-electron chi connectivity index (χ0n) is 14.1. The van der Waals surface area contributed by atoms with Crippen LogP contribution in [0.1, 0.15) is 29.9 Å². The Kier molecular flexibility index (Phi) is 4.43. The zero-order chi connectivity index (χ0) is 18.1. The van der Waals surface area contributed by atoms with Crippen molar-refractivity contribution in [2.24, 2.45) is 5.73 Å². The minimum absolute atomic E-state index is 0.0119. The van der Waals surface area contributed by atoms with Gasteiger partial charge in [0.1, 0.15) is 11.5 Å². The third kappa shape index (κ3) is 3.33. The smallest absolute Gasteiger partial charge is 0.318 e. The molecule has 1 aliphatic rings. The van der Waals surface area contributed by atoms with Gasteiger partial charge in [-0.3, -0.25) is 9.48 Å². The van der Waals surface area contributed by atoms with Crippen LogP contribution >= 0.6 is 0 Å². The van der Waals surface area contributed by atoms with E-state index in [2.05, 4.69) is 10.4 Å². The van der Waals surface area contributed by atoms with E-state index >= 15 is 0 Å². The monoisotopic (exact) mass is 345 g/mol. The second kappa shape index (κ2) is 6.54. The Bertz CT molecular complexity index is 830. The summed E-state index contributed by atoms with van der Waals surface area (Å²) in [4.78, 5) is 25.9. The maximum Gasteiger partial charge on any atom is 0.318 e. The van der Waals surface area contributed by atoms with Gasteiger partial charge in [0.15, 0.2) is 0 Å². The van der Waals surface area contributed by atoms with E-state index in [1.54, 1.807) is 21.7 Å². The second-order valence-corrected chi connectivity index (χ2v) is 6.29. The molecule has 25 heavy (non-hydrogen) atoms. The van der Waals surface area contributed by atoms with E-state index < -0.39 is 11.7 Å². The lowest BCUT2D eigenvalue weighted by molar-refractivity contribution is 0.0997. The summed E-state index contributed by atoms with van der Waals surface area (Å²) in [6.07, 6.45) is 0. The number of fused-ring (bicyclic) bond motifs is 1. The van der Waals surface area contributed by atoms with Crippen molar-refractivity contribution in [1.29, 1.82) is 0 Å². The van der Waals surface area contributed by atoms with Crippen LogP contribution in [0.2, 0.25) is 0 Å². The van der Waals surface area contributed by atoms with Crippen molar-refractivity contribution in [3.05, 3.63) is 41.3 Å². The van der Waals surface area contributed by atoms with Gasteiger partial charge in [-0.1, -0.05) is 12.1 Å². The Morgan fingerprint density at radius 1 is 1.32 bits per heavy atom. The number of hydrogen-bond donors (Lipinski definition) is 2. The normalized spacial score (nSPS) is 13.7. The van der Waals surface area contributed by atoms with E-state index in [1.807, 2.05) is 13.8 Å². The van der Waals surface area contributed by atoms with Gasteiger partial charge in [-0.25, -0.2) is 9.18 Å². The minimum atomic E-state index is -0.647. The van der Waals surface area contributed by atoms with Gasteiger partial charge in [-0.2, -0.15) is 5.10 Å². The van der Waals surface area contributed by atoms with Crippen LogP contribution in [0, 0.1) is 5.82 Å². The summed E-state index contributed by atoms with van der Waals surface area (Å²) in [6.45, 7) is 4.88. The molecule has 0 saturated carbocycles. The topological polar surface area (TPSA) is 93.2 Å². The molecule has 0 saturated heterocycles. The average molecular weight is 345 g/mol. The number of hydrogen-bond acceptors (Lipinski definition) is 3. The number of nitrogens with one attached hydrogen (secondary N) is 1. The van der Waals surface area contributed by atoms with Gasteiger partial charge < -0.3 is 16.0 Å². The molecule has 1 aromatic heterocycles. The fraction of sp³-hybridized carbons (Fsp3) is 0.353. The first kappa shape index (κ1) is 16.9. The van der Waals surface area contributed by atoms with Gasteiger partial charge >= 0.3 is 6.03 Å². The molecule has 0 aliphatic carbocycles. The molecule has 132 valence electrons. The molecule has 0 unspecified atom stereocenters. The molecule has 3 rings (SSSR count). The number of amides is 3. The Labute approximate surface area is 144 Å².